The van der Waals surface area contributed by atoms with Crippen LogP contribution in [0, 0.1) is 29.1 Å². The molecule has 0 aromatic heterocycles. The number of fused-ring (bicyclic) bond motifs is 4. The van der Waals surface area contributed by atoms with E-state index in [0.29, 0.717) is 48.9 Å². The molecule has 234 valence electrons. The topological polar surface area (TPSA) is 132 Å². The first-order valence-corrected chi connectivity index (χ1v) is 15.7. The van der Waals surface area contributed by atoms with Crippen molar-refractivity contribution in [2.45, 2.75) is 57.8 Å². The van der Waals surface area contributed by atoms with Crippen molar-refractivity contribution < 1.29 is 34.2 Å². The number of benzene rings is 2. The molecule has 2 heterocycles. The summed E-state index contributed by atoms with van der Waals surface area (Å²) in [5, 5.41) is 20.5. The molecular weight excluding hydrogens is 572 g/mol. The number of hydrogen-bond acceptors (Lipinski definition) is 6. The Balaban J connectivity index is 1.41. The van der Waals surface area contributed by atoms with Gasteiger partial charge >= 0.3 is 5.97 Å². The SMILES string of the molecule is C=CCc1cccc(C2C3=CCC4C(=O)N(CCCCCC(=O)O)C(=O)C4C3CC3C(=O)N(c4ccccc4)C(=O)C32C)c1O. The minimum absolute atomic E-state index is 0.0393. The van der Waals surface area contributed by atoms with Crippen molar-refractivity contribution in [3.05, 3.63) is 84.0 Å². The number of unbranched alkanes of at least 4 members (excludes halogenated alkanes) is 2. The van der Waals surface area contributed by atoms with E-state index in [0.717, 1.165) is 5.57 Å². The van der Waals surface area contributed by atoms with Gasteiger partial charge in [-0.25, -0.2) is 4.90 Å². The zero-order valence-electron chi connectivity index (χ0n) is 25.4. The van der Waals surface area contributed by atoms with Crippen molar-refractivity contribution >= 4 is 35.3 Å². The Morgan fingerprint density at radius 2 is 1.73 bits per heavy atom. The van der Waals surface area contributed by atoms with Gasteiger partial charge in [-0.05, 0) is 62.6 Å². The fourth-order valence-electron chi connectivity index (χ4n) is 8.36. The Labute approximate surface area is 262 Å². The fraction of sp³-hybridized carbons (Fsp3) is 0.417. The molecule has 1 saturated carbocycles. The summed E-state index contributed by atoms with van der Waals surface area (Å²) < 4.78 is 0. The summed E-state index contributed by atoms with van der Waals surface area (Å²) in [6.07, 6.45) is 6.26. The Morgan fingerprint density at radius 1 is 0.978 bits per heavy atom. The zero-order valence-corrected chi connectivity index (χ0v) is 25.4. The van der Waals surface area contributed by atoms with Crippen LogP contribution >= 0.6 is 0 Å². The second-order valence-corrected chi connectivity index (χ2v) is 12.9. The second kappa shape index (κ2) is 11.8. The van der Waals surface area contributed by atoms with Crippen LogP contribution in [0.1, 0.15) is 62.5 Å². The highest BCUT2D eigenvalue weighted by Crippen LogP contribution is 2.64. The van der Waals surface area contributed by atoms with Gasteiger partial charge in [0.15, 0.2) is 0 Å². The highest BCUT2D eigenvalue weighted by Gasteiger charge is 2.67. The van der Waals surface area contributed by atoms with E-state index < -0.39 is 41.0 Å². The van der Waals surface area contributed by atoms with Gasteiger partial charge < -0.3 is 10.2 Å². The summed E-state index contributed by atoms with van der Waals surface area (Å²) in [5.41, 5.74) is 1.24. The lowest BCUT2D eigenvalue weighted by molar-refractivity contribution is -0.141. The standard InChI is InChI=1S/C36H38N2O7/c1-3-11-21-12-10-15-25(31(21)41)30-23-17-18-24-29(34(44)37(32(24)42)19-9-5-8-16-28(39)40)26(23)20-27-33(43)38(35(45)36(27,30)2)22-13-6-4-7-14-22/h3-4,6-7,10,12-15,17,24,26-27,29-30,41H,1,5,8-9,11,16,18-20H2,2H3,(H,39,40). The predicted octanol–water partition coefficient (Wildman–Crippen LogP) is 5.00. The van der Waals surface area contributed by atoms with Crippen LogP contribution in [0.5, 0.6) is 5.75 Å². The maximum Gasteiger partial charge on any atom is 0.303 e. The number of nitrogens with zero attached hydrogens (tertiary/aromatic N) is 2. The number of hydrogen-bond donors (Lipinski definition) is 2. The van der Waals surface area contributed by atoms with Gasteiger partial charge in [0.1, 0.15) is 5.75 Å². The number of anilines is 1. The summed E-state index contributed by atoms with van der Waals surface area (Å²) in [7, 11) is 0. The highest BCUT2D eigenvalue weighted by molar-refractivity contribution is 6.24. The van der Waals surface area contributed by atoms with Crippen LogP contribution in [-0.2, 0) is 30.4 Å². The molecule has 2 aliphatic heterocycles. The van der Waals surface area contributed by atoms with Gasteiger partial charge in [-0.15, -0.1) is 6.58 Å². The van der Waals surface area contributed by atoms with Gasteiger partial charge in [0.25, 0.3) is 0 Å². The van der Waals surface area contributed by atoms with E-state index >= 15 is 0 Å². The van der Waals surface area contributed by atoms with Crippen molar-refractivity contribution in [1.29, 1.82) is 0 Å². The molecule has 0 radical (unpaired) electrons. The lowest BCUT2D eigenvalue weighted by Crippen LogP contribution is -2.49. The van der Waals surface area contributed by atoms with E-state index in [1.165, 1.54) is 9.80 Å². The van der Waals surface area contributed by atoms with Crippen LogP contribution in [0.4, 0.5) is 5.69 Å². The molecule has 6 unspecified atom stereocenters. The molecule has 2 saturated heterocycles. The van der Waals surface area contributed by atoms with Gasteiger partial charge in [0.05, 0.1) is 28.9 Å². The summed E-state index contributed by atoms with van der Waals surface area (Å²) >= 11 is 0. The molecule has 2 aromatic rings. The lowest BCUT2D eigenvalue weighted by atomic mass is 9.51. The molecule has 6 rings (SSSR count). The molecule has 45 heavy (non-hydrogen) atoms. The summed E-state index contributed by atoms with van der Waals surface area (Å²) in [4.78, 5) is 69.7. The minimum atomic E-state index is -1.23. The number of likely N-dealkylation sites (tertiary alicyclic amines) is 1. The number of phenols is 1. The van der Waals surface area contributed by atoms with Crippen molar-refractivity contribution in [3.63, 3.8) is 0 Å². The zero-order chi connectivity index (χ0) is 32.0. The van der Waals surface area contributed by atoms with Crippen LogP contribution in [0.3, 0.4) is 0 Å². The molecule has 0 spiro atoms. The molecule has 2 N–H and O–H groups in total. The Morgan fingerprint density at radius 3 is 2.44 bits per heavy atom. The van der Waals surface area contributed by atoms with Gasteiger partial charge in [0.2, 0.25) is 23.6 Å². The normalized spacial score (nSPS) is 28.9. The minimum Gasteiger partial charge on any atom is -0.507 e. The number of carbonyl (C=O) groups is 5. The number of allylic oxidation sites excluding steroid dienone is 3. The molecule has 0 bridgehead atoms. The largest absolute Gasteiger partial charge is 0.507 e. The molecule has 2 aliphatic carbocycles. The molecule has 6 atom stereocenters. The molecule has 9 heteroatoms. The van der Waals surface area contributed by atoms with E-state index in [1.807, 2.05) is 18.2 Å². The first-order chi connectivity index (χ1) is 21.6. The number of amides is 4. The third kappa shape index (κ3) is 4.80. The number of aromatic hydroxyl groups is 1. The Bertz CT molecular complexity index is 1610. The molecule has 9 nitrogen and oxygen atoms in total. The first-order valence-electron chi connectivity index (χ1n) is 15.7. The maximum atomic E-state index is 14.5. The predicted molar refractivity (Wildman–Crippen MR) is 166 cm³/mol. The number of phenolic OH excluding ortho intramolecular Hbond substituents is 1. The number of rotatable bonds is 10. The van der Waals surface area contributed by atoms with E-state index in [4.69, 9.17) is 5.11 Å². The number of aliphatic carboxylic acids is 1. The molecular formula is C36H38N2O7. The van der Waals surface area contributed by atoms with Crippen molar-refractivity contribution in [3.8, 4) is 5.75 Å². The second-order valence-electron chi connectivity index (χ2n) is 12.9. The van der Waals surface area contributed by atoms with Crippen LogP contribution in [-0.4, -0.2) is 51.3 Å². The van der Waals surface area contributed by atoms with Gasteiger partial charge in [0, 0.05) is 24.4 Å². The van der Waals surface area contributed by atoms with Crippen molar-refractivity contribution in [1.82, 2.24) is 4.90 Å². The molecule has 2 aromatic carbocycles. The third-order valence-electron chi connectivity index (χ3n) is 10.5. The number of carbonyl (C=O) groups excluding carboxylic acids is 4. The Hall–Kier alpha value is -4.53. The van der Waals surface area contributed by atoms with Crippen LogP contribution in [0.2, 0.25) is 0 Å². The smallest absolute Gasteiger partial charge is 0.303 e. The van der Waals surface area contributed by atoms with E-state index in [1.54, 1.807) is 49.4 Å². The van der Waals surface area contributed by atoms with Crippen LogP contribution < -0.4 is 4.90 Å². The monoisotopic (exact) mass is 610 g/mol. The van der Waals surface area contributed by atoms with Crippen molar-refractivity contribution in [2.24, 2.45) is 29.1 Å². The highest BCUT2D eigenvalue weighted by atomic mass is 16.4. The van der Waals surface area contributed by atoms with E-state index in [9.17, 15) is 29.1 Å². The number of para-hydroxylation sites is 2. The summed E-state index contributed by atoms with van der Waals surface area (Å²) in [6.45, 7) is 5.83. The van der Waals surface area contributed by atoms with Crippen LogP contribution in [0.15, 0.2) is 72.8 Å². The number of carboxylic acids is 1. The fourth-order valence-corrected chi connectivity index (χ4v) is 8.36. The van der Waals surface area contributed by atoms with Gasteiger partial charge in [-0.2, -0.15) is 0 Å². The summed E-state index contributed by atoms with van der Waals surface area (Å²) in [5.74, 6) is -5.19. The third-order valence-corrected chi connectivity index (χ3v) is 10.5. The Kier molecular flexibility index (Phi) is 7.97. The first kappa shape index (κ1) is 30.5. The van der Waals surface area contributed by atoms with E-state index in [2.05, 4.69) is 6.58 Å². The number of carboxylic acid groups (broad SMARTS) is 1. The van der Waals surface area contributed by atoms with Crippen molar-refractivity contribution in [2.75, 3.05) is 11.4 Å². The lowest BCUT2D eigenvalue weighted by Gasteiger charge is -2.49. The van der Waals surface area contributed by atoms with Crippen LogP contribution in [0.25, 0.3) is 0 Å². The molecule has 4 amide bonds. The van der Waals surface area contributed by atoms with Gasteiger partial charge in [-0.3, -0.25) is 28.9 Å². The average molecular weight is 611 g/mol. The molecule has 3 fully saturated rings. The maximum absolute atomic E-state index is 14.5. The molecule has 4 aliphatic rings. The summed E-state index contributed by atoms with van der Waals surface area (Å²) in [6, 6.07) is 14.2. The quantitative estimate of drug-likeness (QED) is 0.220. The van der Waals surface area contributed by atoms with Gasteiger partial charge in [-0.1, -0.05) is 60.5 Å². The number of imide groups is 2. The van der Waals surface area contributed by atoms with E-state index in [-0.39, 0.29) is 48.8 Å². The average Bonchev–Trinajstić information content (AvgIpc) is 3.38.